The smallest absolute Gasteiger partial charge is 0.147 e. The molecule has 1 atom stereocenters. The summed E-state index contributed by atoms with van der Waals surface area (Å²) in [4.78, 5) is 3.75. The summed E-state index contributed by atoms with van der Waals surface area (Å²) in [6.45, 7) is 1.67. The second-order valence-corrected chi connectivity index (χ2v) is 2.75. The molecule has 2 N–H and O–H groups in total. The van der Waals surface area contributed by atoms with E-state index in [-0.39, 0.29) is 23.1 Å². The van der Waals surface area contributed by atoms with E-state index in [1.807, 2.05) is 0 Å². The first-order chi connectivity index (χ1) is 5.11. The molecule has 2 nitrogen and oxygen atoms in total. The molecule has 0 bridgehead atoms. The SMILES string of the molecule is C[C@H](N)c1ncc(Cl)cc1F.Cl. The van der Waals surface area contributed by atoms with E-state index < -0.39 is 11.9 Å². The third-order valence-corrected chi connectivity index (χ3v) is 1.47. The van der Waals surface area contributed by atoms with E-state index in [4.69, 9.17) is 17.3 Å². The zero-order valence-electron chi connectivity index (χ0n) is 6.42. The van der Waals surface area contributed by atoms with E-state index in [2.05, 4.69) is 4.98 Å². The predicted molar refractivity (Wildman–Crippen MR) is 49.1 cm³/mol. The van der Waals surface area contributed by atoms with Crippen molar-refractivity contribution >= 4 is 24.0 Å². The molecule has 0 aliphatic rings. The Hall–Kier alpha value is -0.380. The van der Waals surface area contributed by atoms with Gasteiger partial charge in [0.05, 0.1) is 10.7 Å². The normalized spacial score (nSPS) is 12.0. The first-order valence-electron chi connectivity index (χ1n) is 3.18. The van der Waals surface area contributed by atoms with Crippen LogP contribution in [0.5, 0.6) is 0 Å². The molecule has 0 radical (unpaired) electrons. The summed E-state index contributed by atoms with van der Waals surface area (Å²) in [7, 11) is 0. The Morgan fingerprint density at radius 3 is 2.67 bits per heavy atom. The molecule has 0 aromatic carbocycles. The maximum atomic E-state index is 12.9. The van der Waals surface area contributed by atoms with Crippen LogP contribution in [0, 0.1) is 5.82 Å². The summed E-state index contributed by atoms with van der Waals surface area (Å²) in [5.74, 6) is -0.451. The first-order valence-corrected chi connectivity index (χ1v) is 3.55. The number of hydrogen-bond acceptors (Lipinski definition) is 2. The molecule has 12 heavy (non-hydrogen) atoms. The minimum absolute atomic E-state index is 0. The molecule has 1 aromatic heterocycles. The molecule has 1 heterocycles. The molecule has 0 unspecified atom stereocenters. The second kappa shape index (κ2) is 4.60. The average Bonchev–Trinajstić information content (AvgIpc) is 1.85. The Morgan fingerprint density at radius 1 is 1.67 bits per heavy atom. The molecule has 0 fully saturated rings. The Morgan fingerprint density at radius 2 is 2.25 bits per heavy atom. The van der Waals surface area contributed by atoms with E-state index >= 15 is 0 Å². The van der Waals surface area contributed by atoms with Crippen LogP contribution >= 0.6 is 24.0 Å². The molecule has 68 valence electrons. The Labute approximate surface area is 81.3 Å². The number of aromatic nitrogens is 1. The molecule has 0 saturated heterocycles. The number of rotatable bonds is 1. The zero-order valence-corrected chi connectivity index (χ0v) is 7.99. The Bertz CT molecular complexity index is 266. The van der Waals surface area contributed by atoms with E-state index in [0.717, 1.165) is 0 Å². The quantitative estimate of drug-likeness (QED) is 0.773. The van der Waals surface area contributed by atoms with Gasteiger partial charge in [-0.1, -0.05) is 11.6 Å². The monoisotopic (exact) mass is 210 g/mol. The van der Waals surface area contributed by atoms with Crippen molar-refractivity contribution in [1.82, 2.24) is 4.98 Å². The van der Waals surface area contributed by atoms with E-state index in [1.165, 1.54) is 12.3 Å². The highest BCUT2D eigenvalue weighted by molar-refractivity contribution is 6.30. The molecule has 0 amide bonds. The van der Waals surface area contributed by atoms with Crippen LogP contribution in [0.25, 0.3) is 0 Å². The van der Waals surface area contributed by atoms with Crippen LogP contribution in [0.1, 0.15) is 18.7 Å². The van der Waals surface area contributed by atoms with E-state index in [1.54, 1.807) is 6.92 Å². The molecule has 0 aliphatic heterocycles. The summed E-state index contributed by atoms with van der Waals surface area (Å²) in [5.41, 5.74) is 5.66. The van der Waals surface area contributed by atoms with Crippen molar-refractivity contribution < 1.29 is 4.39 Å². The summed E-state index contributed by atoms with van der Waals surface area (Å²) in [6, 6.07) is 0.806. The number of hydrogen-bond donors (Lipinski definition) is 1. The topological polar surface area (TPSA) is 38.9 Å². The first kappa shape index (κ1) is 11.6. The maximum absolute atomic E-state index is 12.9. The van der Waals surface area contributed by atoms with Crippen molar-refractivity contribution in [3.8, 4) is 0 Å². The number of nitrogens with zero attached hydrogens (tertiary/aromatic N) is 1. The van der Waals surface area contributed by atoms with Crippen molar-refractivity contribution in [1.29, 1.82) is 0 Å². The third kappa shape index (κ3) is 2.59. The standard InChI is InChI=1S/C7H8ClFN2.ClH/c1-4(10)7-6(9)2-5(8)3-11-7;/h2-4H,10H2,1H3;1H/t4-;/m0./s1. The largest absolute Gasteiger partial charge is 0.323 e. The summed E-state index contributed by atoms with van der Waals surface area (Å²) >= 11 is 5.48. The molecular weight excluding hydrogens is 202 g/mol. The van der Waals surface area contributed by atoms with Crippen molar-refractivity contribution in [2.45, 2.75) is 13.0 Å². The summed E-state index contributed by atoms with van der Waals surface area (Å²) in [5, 5.41) is 0.284. The van der Waals surface area contributed by atoms with Gasteiger partial charge in [-0.2, -0.15) is 0 Å². The molecule has 0 aliphatic carbocycles. The molecule has 5 heteroatoms. The Balaban J connectivity index is 0.00000121. The molecular formula is C7H9Cl2FN2. The van der Waals surface area contributed by atoms with Crippen LogP contribution in [-0.4, -0.2) is 4.98 Å². The van der Waals surface area contributed by atoms with Gasteiger partial charge in [0.15, 0.2) is 0 Å². The van der Waals surface area contributed by atoms with Gasteiger partial charge in [-0.3, -0.25) is 4.98 Å². The van der Waals surface area contributed by atoms with E-state index in [9.17, 15) is 4.39 Å². The highest BCUT2D eigenvalue weighted by Crippen LogP contribution is 2.15. The van der Waals surface area contributed by atoms with Gasteiger partial charge in [-0.25, -0.2) is 4.39 Å². The zero-order chi connectivity index (χ0) is 8.43. The number of halogens is 3. The highest BCUT2D eigenvalue weighted by atomic mass is 35.5. The lowest BCUT2D eigenvalue weighted by atomic mass is 10.2. The van der Waals surface area contributed by atoms with Gasteiger partial charge in [0.25, 0.3) is 0 Å². The number of pyridine rings is 1. The number of nitrogens with two attached hydrogens (primary N) is 1. The molecule has 1 rings (SSSR count). The summed E-state index contributed by atoms with van der Waals surface area (Å²) in [6.07, 6.45) is 1.38. The minimum atomic E-state index is -0.451. The van der Waals surface area contributed by atoms with Crippen LogP contribution in [0.2, 0.25) is 5.02 Å². The van der Waals surface area contributed by atoms with Crippen LogP contribution in [0.4, 0.5) is 4.39 Å². The third-order valence-electron chi connectivity index (χ3n) is 1.27. The Kier molecular flexibility index (Phi) is 4.45. The van der Waals surface area contributed by atoms with Crippen molar-refractivity contribution in [2.75, 3.05) is 0 Å². The van der Waals surface area contributed by atoms with Gasteiger partial charge in [-0.05, 0) is 13.0 Å². The van der Waals surface area contributed by atoms with Crippen LogP contribution in [-0.2, 0) is 0 Å². The molecule has 1 aromatic rings. The highest BCUT2D eigenvalue weighted by Gasteiger charge is 2.07. The van der Waals surface area contributed by atoms with Gasteiger partial charge in [0.2, 0.25) is 0 Å². The summed E-state index contributed by atoms with van der Waals surface area (Å²) < 4.78 is 12.9. The van der Waals surface area contributed by atoms with Gasteiger partial charge >= 0.3 is 0 Å². The van der Waals surface area contributed by atoms with E-state index in [0.29, 0.717) is 0 Å². The van der Waals surface area contributed by atoms with Crippen molar-refractivity contribution in [2.24, 2.45) is 5.73 Å². The maximum Gasteiger partial charge on any atom is 0.147 e. The lowest BCUT2D eigenvalue weighted by Crippen LogP contribution is -2.09. The van der Waals surface area contributed by atoms with Gasteiger partial charge in [0, 0.05) is 12.2 Å². The van der Waals surface area contributed by atoms with Crippen LogP contribution in [0.3, 0.4) is 0 Å². The van der Waals surface area contributed by atoms with Crippen molar-refractivity contribution in [3.05, 3.63) is 28.8 Å². The van der Waals surface area contributed by atoms with Crippen LogP contribution < -0.4 is 5.73 Å². The van der Waals surface area contributed by atoms with Gasteiger partial charge in [0.1, 0.15) is 5.82 Å². The van der Waals surface area contributed by atoms with Gasteiger partial charge < -0.3 is 5.73 Å². The fraction of sp³-hybridized carbons (Fsp3) is 0.286. The predicted octanol–water partition coefficient (Wildman–Crippen LogP) is 2.32. The lowest BCUT2D eigenvalue weighted by molar-refractivity contribution is 0.579. The lowest BCUT2D eigenvalue weighted by Gasteiger charge is -2.04. The van der Waals surface area contributed by atoms with Gasteiger partial charge in [-0.15, -0.1) is 12.4 Å². The minimum Gasteiger partial charge on any atom is -0.323 e. The second-order valence-electron chi connectivity index (χ2n) is 2.31. The molecule has 0 saturated carbocycles. The fourth-order valence-electron chi connectivity index (χ4n) is 0.760. The molecule has 0 spiro atoms. The average molecular weight is 211 g/mol. The van der Waals surface area contributed by atoms with Crippen LogP contribution in [0.15, 0.2) is 12.3 Å². The fourth-order valence-corrected chi connectivity index (χ4v) is 0.905. The van der Waals surface area contributed by atoms with Crippen molar-refractivity contribution in [3.63, 3.8) is 0 Å².